The third-order valence-corrected chi connectivity index (χ3v) is 4.21. The molecule has 0 aromatic heterocycles. The molecule has 2 aromatic carbocycles. The predicted molar refractivity (Wildman–Crippen MR) is 105 cm³/mol. The van der Waals surface area contributed by atoms with Crippen molar-refractivity contribution < 1.29 is 23.8 Å². The summed E-state index contributed by atoms with van der Waals surface area (Å²) < 4.78 is 17.5. The lowest BCUT2D eigenvalue weighted by molar-refractivity contribution is -0.114. The summed E-state index contributed by atoms with van der Waals surface area (Å²) >= 11 is 0. The molecule has 7 nitrogen and oxygen atoms in total. The molecule has 1 amide bonds. The largest absolute Gasteiger partial charge is 0.465 e. The number of benzene rings is 2. The molecule has 2 aromatic rings. The molecule has 0 bridgehead atoms. The summed E-state index contributed by atoms with van der Waals surface area (Å²) in [6.45, 7) is 0.718. The number of likely N-dealkylation sites (N-methyl/N-ethyl adjacent to an activating group) is 1. The standard InChI is InChI=1S/C21H24N2O5/c1-22-21(24)20(23-25-2)17-10-3-4-11-18(17)27-15-8-7-9-16(14-15)28-19-12-5-6-13-26-19/h3-4,7-11,14,19H,5-6,12-13H2,1-2H3,(H,22,24)/b23-20+. The molecule has 0 aliphatic carbocycles. The van der Waals surface area contributed by atoms with E-state index < -0.39 is 0 Å². The van der Waals surface area contributed by atoms with Crippen LogP contribution in [0.4, 0.5) is 0 Å². The van der Waals surface area contributed by atoms with E-state index in [1.165, 1.54) is 14.2 Å². The maximum absolute atomic E-state index is 12.2. The fraction of sp³-hybridized carbons (Fsp3) is 0.333. The Labute approximate surface area is 164 Å². The molecule has 0 radical (unpaired) electrons. The van der Waals surface area contributed by atoms with Crippen LogP contribution in [0.2, 0.25) is 0 Å². The summed E-state index contributed by atoms with van der Waals surface area (Å²) in [5.74, 6) is 1.35. The molecule has 1 unspecified atom stereocenters. The van der Waals surface area contributed by atoms with Crippen LogP contribution in [0.3, 0.4) is 0 Å². The molecule has 3 rings (SSSR count). The van der Waals surface area contributed by atoms with E-state index in [4.69, 9.17) is 19.0 Å². The van der Waals surface area contributed by atoms with Gasteiger partial charge >= 0.3 is 0 Å². The Bertz CT molecular complexity index is 831. The monoisotopic (exact) mass is 384 g/mol. The van der Waals surface area contributed by atoms with E-state index in [1.54, 1.807) is 24.3 Å². The van der Waals surface area contributed by atoms with Crippen LogP contribution in [0.25, 0.3) is 0 Å². The molecule has 1 fully saturated rings. The van der Waals surface area contributed by atoms with Crippen LogP contribution in [0.15, 0.2) is 53.7 Å². The van der Waals surface area contributed by atoms with E-state index in [2.05, 4.69) is 10.5 Å². The van der Waals surface area contributed by atoms with Crippen molar-refractivity contribution in [1.29, 1.82) is 0 Å². The number of amides is 1. The molecule has 1 aliphatic rings. The van der Waals surface area contributed by atoms with Gasteiger partial charge in [0.2, 0.25) is 0 Å². The molecular weight excluding hydrogens is 360 g/mol. The van der Waals surface area contributed by atoms with Gasteiger partial charge in [-0.3, -0.25) is 4.79 Å². The van der Waals surface area contributed by atoms with Crippen molar-refractivity contribution in [3.8, 4) is 17.2 Å². The SMILES string of the molecule is CNC(=O)/C(=N/OC)c1ccccc1Oc1cccc(OC2CCCCO2)c1. The van der Waals surface area contributed by atoms with Gasteiger partial charge in [-0.15, -0.1) is 0 Å². The van der Waals surface area contributed by atoms with Crippen molar-refractivity contribution in [3.05, 3.63) is 54.1 Å². The summed E-state index contributed by atoms with van der Waals surface area (Å²) in [5, 5.41) is 6.40. The second kappa shape index (κ2) is 9.75. The van der Waals surface area contributed by atoms with Gasteiger partial charge < -0.3 is 24.4 Å². The third kappa shape index (κ3) is 5.01. The normalized spacial score (nSPS) is 16.9. The average molecular weight is 384 g/mol. The quantitative estimate of drug-likeness (QED) is 0.584. The second-order valence-electron chi connectivity index (χ2n) is 6.19. The predicted octanol–water partition coefficient (Wildman–Crippen LogP) is 3.48. The zero-order valence-electron chi connectivity index (χ0n) is 16.0. The number of rotatable bonds is 7. The van der Waals surface area contributed by atoms with Crippen molar-refractivity contribution in [2.45, 2.75) is 25.6 Å². The maximum atomic E-state index is 12.2. The zero-order chi connectivity index (χ0) is 19.8. The summed E-state index contributed by atoms with van der Waals surface area (Å²) in [7, 11) is 2.92. The summed E-state index contributed by atoms with van der Waals surface area (Å²) in [6.07, 6.45) is 2.80. The molecule has 0 spiro atoms. The number of nitrogens with zero attached hydrogens (tertiary/aromatic N) is 1. The minimum absolute atomic E-state index is 0.128. The smallest absolute Gasteiger partial charge is 0.273 e. The first-order chi connectivity index (χ1) is 13.7. The van der Waals surface area contributed by atoms with Crippen LogP contribution in [-0.4, -0.2) is 38.7 Å². The zero-order valence-corrected chi connectivity index (χ0v) is 16.0. The first kappa shape index (κ1) is 19.7. The minimum Gasteiger partial charge on any atom is -0.465 e. The van der Waals surface area contributed by atoms with E-state index in [0.717, 1.165) is 25.9 Å². The number of ether oxygens (including phenoxy) is 3. The van der Waals surface area contributed by atoms with Gasteiger partial charge in [0.15, 0.2) is 12.0 Å². The molecule has 1 N–H and O–H groups in total. The molecule has 7 heteroatoms. The van der Waals surface area contributed by atoms with Gasteiger partial charge in [0.05, 0.1) is 12.2 Å². The van der Waals surface area contributed by atoms with Crippen LogP contribution < -0.4 is 14.8 Å². The molecule has 1 heterocycles. The van der Waals surface area contributed by atoms with Crippen molar-refractivity contribution in [2.75, 3.05) is 20.8 Å². The van der Waals surface area contributed by atoms with Crippen LogP contribution in [0.1, 0.15) is 24.8 Å². The Kier molecular flexibility index (Phi) is 6.86. The van der Waals surface area contributed by atoms with Crippen LogP contribution in [0.5, 0.6) is 17.2 Å². The Hall–Kier alpha value is -3.06. The van der Waals surface area contributed by atoms with Crippen molar-refractivity contribution in [3.63, 3.8) is 0 Å². The van der Waals surface area contributed by atoms with E-state index in [1.807, 2.05) is 24.3 Å². The fourth-order valence-electron chi connectivity index (χ4n) is 2.87. The molecule has 1 saturated heterocycles. The molecular formula is C21H24N2O5. The number of hydrogen-bond acceptors (Lipinski definition) is 6. The number of carbonyl (C=O) groups is 1. The summed E-state index contributed by atoms with van der Waals surface area (Å²) in [6, 6.07) is 14.5. The van der Waals surface area contributed by atoms with Gasteiger partial charge in [-0.2, -0.15) is 0 Å². The van der Waals surface area contributed by atoms with Crippen LogP contribution in [0, 0.1) is 0 Å². The first-order valence-corrected chi connectivity index (χ1v) is 9.20. The number of para-hydroxylation sites is 1. The van der Waals surface area contributed by atoms with Crippen LogP contribution in [-0.2, 0) is 14.4 Å². The van der Waals surface area contributed by atoms with Gasteiger partial charge in [0.1, 0.15) is 24.4 Å². The number of nitrogens with one attached hydrogen (secondary N) is 1. The Morgan fingerprint density at radius 3 is 2.71 bits per heavy atom. The van der Waals surface area contributed by atoms with Gasteiger partial charge in [-0.1, -0.05) is 23.4 Å². The number of oxime groups is 1. The molecule has 1 aliphatic heterocycles. The second-order valence-corrected chi connectivity index (χ2v) is 6.19. The average Bonchev–Trinajstić information content (AvgIpc) is 2.73. The first-order valence-electron chi connectivity index (χ1n) is 9.20. The van der Waals surface area contributed by atoms with Gasteiger partial charge in [0.25, 0.3) is 5.91 Å². The highest BCUT2D eigenvalue weighted by Crippen LogP contribution is 2.29. The summed E-state index contributed by atoms with van der Waals surface area (Å²) in [5.41, 5.74) is 0.647. The Morgan fingerprint density at radius 2 is 1.96 bits per heavy atom. The van der Waals surface area contributed by atoms with Crippen LogP contribution >= 0.6 is 0 Å². The number of carbonyl (C=O) groups excluding carboxylic acids is 1. The molecule has 28 heavy (non-hydrogen) atoms. The third-order valence-electron chi connectivity index (χ3n) is 4.21. The Morgan fingerprint density at radius 1 is 1.14 bits per heavy atom. The topological polar surface area (TPSA) is 78.4 Å². The van der Waals surface area contributed by atoms with Gasteiger partial charge in [0, 0.05) is 19.5 Å². The van der Waals surface area contributed by atoms with E-state index in [0.29, 0.717) is 22.8 Å². The summed E-state index contributed by atoms with van der Waals surface area (Å²) in [4.78, 5) is 17.0. The lowest BCUT2D eigenvalue weighted by atomic mass is 10.1. The van der Waals surface area contributed by atoms with Crippen molar-refractivity contribution in [2.24, 2.45) is 5.16 Å². The van der Waals surface area contributed by atoms with Crippen molar-refractivity contribution >= 4 is 11.6 Å². The highest BCUT2D eigenvalue weighted by molar-refractivity contribution is 6.45. The lowest BCUT2D eigenvalue weighted by Crippen LogP contribution is -2.28. The van der Waals surface area contributed by atoms with Gasteiger partial charge in [-0.05, 0) is 37.1 Å². The number of hydrogen-bond donors (Lipinski definition) is 1. The molecule has 0 saturated carbocycles. The van der Waals surface area contributed by atoms with Gasteiger partial charge in [-0.25, -0.2) is 0 Å². The van der Waals surface area contributed by atoms with E-state index in [-0.39, 0.29) is 17.9 Å². The van der Waals surface area contributed by atoms with Crippen molar-refractivity contribution in [1.82, 2.24) is 5.32 Å². The fourth-order valence-corrected chi connectivity index (χ4v) is 2.87. The minimum atomic E-state index is -0.371. The van der Waals surface area contributed by atoms with E-state index in [9.17, 15) is 4.79 Å². The molecule has 1 atom stereocenters. The maximum Gasteiger partial charge on any atom is 0.273 e. The van der Waals surface area contributed by atoms with E-state index >= 15 is 0 Å². The Balaban J connectivity index is 1.81. The lowest BCUT2D eigenvalue weighted by Gasteiger charge is -2.23. The highest BCUT2D eigenvalue weighted by atomic mass is 16.7. The molecule has 148 valence electrons. The highest BCUT2D eigenvalue weighted by Gasteiger charge is 2.19.